The van der Waals surface area contributed by atoms with Gasteiger partial charge in [0.15, 0.2) is 0 Å². The maximum atomic E-state index is 12.4. The van der Waals surface area contributed by atoms with E-state index in [9.17, 15) is 4.79 Å². The maximum Gasteiger partial charge on any atom is 0.252 e. The van der Waals surface area contributed by atoms with Crippen LogP contribution in [0.3, 0.4) is 0 Å². The Hall–Kier alpha value is -1.61. The molecule has 3 nitrogen and oxygen atoms in total. The number of aromatic nitrogens is 1. The van der Waals surface area contributed by atoms with Gasteiger partial charge in [-0.2, -0.15) is 0 Å². The van der Waals surface area contributed by atoms with Gasteiger partial charge < -0.3 is 10.3 Å². The monoisotopic (exact) mass is 298 g/mol. The molecule has 3 heteroatoms. The zero-order valence-electron chi connectivity index (χ0n) is 13.8. The Morgan fingerprint density at radius 1 is 1.23 bits per heavy atom. The van der Waals surface area contributed by atoms with E-state index in [1.165, 1.54) is 31.2 Å². The van der Waals surface area contributed by atoms with Crippen LogP contribution in [-0.4, -0.2) is 11.0 Å². The van der Waals surface area contributed by atoms with E-state index in [2.05, 4.69) is 43.2 Å². The zero-order valence-corrected chi connectivity index (χ0v) is 13.8. The Morgan fingerprint density at radius 2 is 2.00 bits per heavy atom. The maximum absolute atomic E-state index is 12.4. The molecular formula is C19H26N2O. The molecule has 0 aliphatic heterocycles. The topological polar surface area (TPSA) is 44.9 Å². The van der Waals surface area contributed by atoms with Crippen molar-refractivity contribution < 1.29 is 0 Å². The molecule has 0 radical (unpaired) electrons. The fraction of sp³-hybridized carbons (Fsp3) is 0.526. The average Bonchev–Trinajstić information content (AvgIpc) is 2.51. The van der Waals surface area contributed by atoms with Crippen LogP contribution in [0.2, 0.25) is 0 Å². The van der Waals surface area contributed by atoms with Crippen LogP contribution in [0.1, 0.15) is 49.3 Å². The van der Waals surface area contributed by atoms with E-state index in [-0.39, 0.29) is 5.56 Å². The number of fused-ring (bicyclic) bond motifs is 1. The molecule has 2 N–H and O–H groups in total. The Balaban J connectivity index is 1.83. The summed E-state index contributed by atoms with van der Waals surface area (Å²) in [5.74, 6) is 0.707. The number of benzene rings is 1. The largest absolute Gasteiger partial charge is 0.321 e. The number of pyridine rings is 1. The standard InChI is InChI=1S/C19H26N2O/c1-12-8-9-15-10-16(19(22)21-18(15)14(12)3)11-20-17-7-5-4-6-13(17)2/h8-10,13,17,20H,4-7,11H2,1-3H3,(H,21,22)/t13-,17+/m1/s1. The number of rotatable bonds is 3. The number of aryl methyl sites for hydroxylation is 2. The predicted octanol–water partition coefficient (Wildman–Crippen LogP) is 3.81. The van der Waals surface area contributed by atoms with Crippen LogP contribution in [0.4, 0.5) is 0 Å². The van der Waals surface area contributed by atoms with Crippen LogP contribution in [0, 0.1) is 19.8 Å². The second-order valence-corrected chi connectivity index (χ2v) is 6.84. The van der Waals surface area contributed by atoms with Crippen LogP contribution in [0.25, 0.3) is 10.9 Å². The summed E-state index contributed by atoms with van der Waals surface area (Å²) in [6.07, 6.45) is 5.16. The Morgan fingerprint density at radius 3 is 2.77 bits per heavy atom. The minimum atomic E-state index is 0.0390. The van der Waals surface area contributed by atoms with Gasteiger partial charge in [0.2, 0.25) is 0 Å². The van der Waals surface area contributed by atoms with Gasteiger partial charge in [-0.15, -0.1) is 0 Å². The summed E-state index contributed by atoms with van der Waals surface area (Å²) < 4.78 is 0. The highest BCUT2D eigenvalue weighted by atomic mass is 16.1. The third kappa shape index (κ3) is 2.95. The van der Waals surface area contributed by atoms with Gasteiger partial charge in [-0.1, -0.05) is 31.9 Å². The van der Waals surface area contributed by atoms with Gasteiger partial charge in [-0.25, -0.2) is 0 Å². The zero-order chi connectivity index (χ0) is 15.7. The molecule has 1 heterocycles. The minimum absolute atomic E-state index is 0.0390. The normalized spacial score (nSPS) is 22.1. The lowest BCUT2D eigenvalue weighted by Gasteiger charge is -2.29. The molecule has 1 aliphatic rings. The van der Waals surface area contributed by atoms with Crippen LogP contribution in [-0.2, 0) is 6.54 Å². The lowest BCUT2D eigenvalue weighted by Crippen LogP contribution is -2.37. The summed E-state index contributed by atoms with van der Waals surface area (Å²) in [6.45, 7) is 7.11. The number of H-pyrrole nitrogens is 1. The van der Waals surface area contributed by atoms with Crippen molar-refractivity contribution in [1.82, 2.24) is 10.3 Å². The molecule has 0 spiro atoms. The molecule has 1 fully saturated rings. The molecular weight excluding hydrogens is 272 g/mol. The summed E-state index contributed by atoms with van der Waals surface area (Å²) in [6, 6.07) is 6.81. The van der Waals surface area contributed by atoms with Crippen LogP contribution < -0.4 is 10.9 Å². The van der Waals surface area contributed by atoms with Crippen molar-refractivity contribution in [2.75, 3.05) is 0 Å². The lowest BCUT2D eigenvalue weighted by atomic mass is 9.86. The van der Waals surface area contributed by atoms with E-state index >= 15 is 0 Å². The number of hydrogen-bond donors (Lipinski definition) is 2. The molecule has 0 amide bonds. The molecule has 1 saturated carbocycles. The third-order valence-corrected chi connectivity index (χ3v) is 5.29. The molecule has 0 unspecified atom stereocenters. The van der Waals surface area contributed by atoms with E-state index in [1.54, 1.807) is 0 Å². The smallest absolute Gasteiger partial charge is 0.252 e. The fourth-order valence-corrected chi connectivity index (χ4v) is 3.56. The molecule has 0 saturated heterocycles. The molecule has 2 aromatic rings. The lowest BCUT2D eigenvalue weighted by molar-refractivity contribution is 0.279. The Bertz CT molecular complexity index is 732. The first-order valence-electron chi connectivity index (χ1n) is 8.42. The van der Waals surface area contributed by atoms with Crippen molar-refractivity contribution in [1.29, 1.82) is 0 Å². The van der Waals surface area contributed by atoms with Gasteiger partial charge in [-0.3, -0.25) is 4.79 Å². The van der Waals surface area contributed by atoms with E-state index in [0.29, 0.717) is 18.5 Å². The van der Waals surface area contributed by atoms with Crippen LogP contribution in [0.5, 0.6) is 0 Å². The van der Waals surface area contributed by atoms with Crippen molar-refractivity contribution in [3.05, 3.63) is 45.2 Å². The van der Waals surface area contributed by atoms with Crippen molar-refractivity contribution in [3.8, 4) is 0 Å². The highest BCUT2D eigenvalue weighted by molar-refractivity contribution is 5.83. The first kappa shape index (κ1) is 15.3. The van der Waals surface area contributed by atoms with Gasteiger partial charge in [0.05, 0.1) is 5.52 Å². The van der Waals surface area contributed by atoms with Gasteiger partial charge in [0, 0.05) is 18.2 Å². The van der Waals surface area contributed by atoms with Crippen LogP contribution >= 0.6 is 0 Å². The third-order valence-electron chi connectivity index (χ3n) is 5.29. The SMILES string of the molecule is Cc1ccc2cc(CN[C@H]3CCCC[C@H]3C)c(=O)[nH]c2c1C. The summed E-state index contributed by atoms with van der Waals surface area (Å²) in [5.41, 5.74) is 4.23. The average molecular weight is 298 g/mol. The number of aromatic amines is 1. The summed E-state index contributed by atoms with van der Waals surface area (Å²) >= 11 is 0. The number of nitrogens with one attached hydrogen (secondary N) is 2. The molecule has 1 aromatic carbocycles. The van der Waals surface area contributed by atoms with Gasteiger partial charge in [0.1, 0.15) is 0 Å². The summed E-state index contributed by atoms with van der Waals surface area (Å²) in [5, 5.41) is 4.72. The fourth-order valence-electron chi connectivity index (χ4n) is 3.56. The second-order valence-electron chi connectivity index (χ2n) is 6.84. The molecule has 3 rings (SSSR count). The molecule has 1 aromatic heterocycles. The van der Waals surface area contributed by atoms with Gasteiger partial charge in [0.25, 0.3) is 5.56 Å². The highest BCUT2D eigenvalue weighted by Crippen LogP contribution is 2.24. The van der Waals surface area contributed by atoms with Crippen molar-refractivity contribution in [2.24, 2.45) is 5.92 Å². The molecule has 22 heavy (non-hydrogen) atoms. The summed E-state index contributed by atoms with van der Waals surface area (Å²) in [7, 11) is 0. The summed E-state index contributed by atoms with van der Waals surface area (Å²) in [4.78, 5) is 15.4. The second kappa shape index (κ2) is 6.25. The van der Waals surface area contributed by atoms with Crippen LogP contribution in [0.15, 0.2) is 23.0 Å². The first-order valence-corrected chi connectivity index (χ1v) is 8.42. The molecule has 2 atom stereocenters. The van der Waals surface area contributed by atoms with E-state index in [0.717, 1.165) is 22.0 Å². The van der Waals surface area contributed by atoms with Crippen molar-refractivity contribution in [2.45, 2.75) is 59.0 Å². The molecule has 1 aliphatic carbocycles. The van der Waals surface area contributed by atoms with E-state index in [1.807, 2.05) is 6.07 Å². The quantitative estimate of drug-likeness (QED) is 0.905. The molecule has 118 valence electrons. The predicted molar refractivity (Wildman–Crippen MR) is 92.3 cm³/mol. The number of hydrogen-bond acceptors (Lipinski definition) is 2. The Kier molecular flexibility index (Phi) is 4.34. The highest BCUT2D eigenvalue weighted by Gasteiger charge is 2.20. The van der Waals surface area contributed by atoms with Gasteiger partial charge >= 0.3 is 0 Å². The minimum Gasteiger partial charge on any atom is -0.321 e. The van der Waals surface area contributed by atoms with Crippen molar-refractivity contribution >= 4 is 10.9 Å². The molecule has 0 bridgehead atoms. The first-order chi connectivity index (χ1) is 10.6. The van der Waals surface area contributed by atoms with Crippen molar-refractivity contribution in [3.63, 3.8) is 0 Å². The Labute approximate surface area is 132 Å². The van der Waals surface area contributed by atoms with Gasteiger partial charge in [-0.05, 0) is 55.2 Å². The van der Waals surface area contributed by atoms with E-state index < -0.39 is 0 Å². The van der Waals surface area contributed by atoms with E-state index in [4.69, 9.17) is 0 Å².